The fraction of sp³-hybridized carbons (Fsp3) is 0.423. The first kappa shape index (κ1) is 23.6. The first-order valence-electron chi connectivity index (χ1n) is 11.7. The molecular formula is C26H27ClN2O6. The van der Waals surface area contributed by atoms with Crippen LogP contribution >= 0.6 is 11.6 Å². The molecule has 3 aliphatic rings. The van der Waals surface area contributed by atoms with Crippen LogP contribution in [0.3, 0.4) is 0 Å². The smallest absolute Gasteiger partial charge is 0.325 e. The zero-order valence-corrected chi connectivity index (χ0v) is 20.5. The fourth-order valence-electron chi connectivity index (χ4n) is 5.64. The molecule has 184 valence electrons. The molecule has 2 aromatic rings. The van der Waals surface area contributed by atoms with E-state index >= 15 is 0 Å². The van der Waals surface area contributed by atoms with E-state index < -0.39 is 47.1 Å². The molecular weight excluding hydrogens is 472 g/mol. The van der Waals surface area contributed by atoms with Crippen molar-refractivity contribution in [2.24, 2.45) is 17.8 Å². The van der Waals surface area contributed by atoms with Crippen molar-refractivity contribution >= 4 is 35.1 Å². The standard InChI is InChI=1S/C26H27ClN2O6/c1-4-14(3)26(25(32)33)21-20(22(28-26)15-6-8-18-19(11-15)35-10-9-34-18)23(30)29(24(21)31)16-7-5-13(2)17(27)12-16/h5-8,11-12,14,20-22,28H,4,9-10H2,1-3H3,(H,32,33). The molecule has 2 amide bonds. The molecule has 5 rings (SSSR count). The number of aliphatic carboxylic acids is 1. The summed E-state index contributed by atoms with van der Waals surface area (Å²) in [6.07, 6.45) is 0.508. The van der Waals surface area contributed by atoms with Gasteiger partial charge in [-0.1, -0.05) is 44.0 Å². The number of hydrogen-bond donors (Lipinski definition) is 2. The normalized spacial score (nSPS) is 28.2. The molecule has 0 aromatic heterocycles. The molecule has 0 saturated carbocycles. The van der Waals surface area contributed by atoms with Gasteiger partial charge in [-0.05, 0) is 48.2 Å². The van der Waals surface area contributed by atoms with Gasteiger partial charge in [0.2, 0.25) is 11.8 Å². The minimum atomic E-state index is -1.62. The van der Waals surface area contributed by atoms with E-state index in [0.717, 1.165) is 10.5 Å². The molecule has 0 bridgehead atoms. The topological polar surface area (TPSA) is 105 Å². The van der Waals surface area contributed by atoms with Crippen LogP contribution in [-0.4, -0.2) is 41.6 Å². The lowest BCUT2D eigenvalue weighted by Crippen LogP contribution is -2.59. The van der Waals surface area contributed by atoms with Gasteiger partial charge in [0.1, 0.15) is 18.8 Å². The van der Waals surface area contributed by atoms with Crippen molar-refractivity contribution in [3.63, 3.8) is 0 Å². The molecule has 2 saturated heterocycles. The largest absolute Gasteiger partial charge is 0.486 e. The molecule has 3 heterocycles. The average molecular weight is 499 g/mol. The predicted octanol–water partition coefficient (Wildman–Crippen LogP) is 3.74. The number of benzene rings is 2. The van der Waals surface area contributed by atoms with Crippen LogP contribution in [0.2, 0.25) is 5.02 Å². The van der Waals surface area contributed by atoms with Crippen molar-refractivity contribution in [3.05, 3.63) is 52.5 Å². The second-order valence-corrected chi connectivity index (χ2v) is 9.86. The van der Waals surface area contributed by atoms with Crippen LogP contribution < -0.4 is 19.7 Å². The fourth-order valence-corrected chi connectivity index (χ4v) is 5.81. The van der Waals surface area contributed by atoms with E-state index in [4.69, 9.17) is 21.1 Å². The van der Waals surface area contributed by atoms with Gasteiger partial charge in [-0.15, -0.1) is 0 Å². The Balaban J connectivity index is 1.65. The highest BCUT2D eigenvalue weighted by Crippen LogP contribution is 2.53. The first-order valence-corrected chi connectivity index (χ1v) is 12.1. The lowest BCUT2D eigenvalue weighted by Gasteiger charge is -2.36. The third-order valence-electron chi connectivity index (χ3n) is 7.68. The Hall–Kier alpha value is -3.10. The Morgan fingerprint density at radius 1 is 1.17 bits per heavy atom. The summed E-state index contributed by atoms with van der Waals surface area (Å²) < 4.78 is 11.3. The predicted molar refractivity (Wildman–Crippen MR) is 129 cm³/mol. The molecule has 5 unspecified atom stereocenters. The van der Waals surface area contributed by atoms with Crippen LogP contribution in [0.4, 0.5) is 5.69 Å². The van der Waals surface area contributed by atoms with E-state index in [0.29, 0.717) is 47.4 Å². The van der Waals surface area contributed by atoms with Gasteiger partial charge in [0.15, 0.2) is 11.5 Å². The highest BCUT2D eigenvalue weighted by Gasteiger charge is 2.70. The van der Waals surface area contributed by atoms with Crippen LogP contribution in [0.5, 0.6) is 11.5 Å². The van der Waals surface area contributed by atoms with Crippen molar-refractivity contribution in [3.8, 4) is 11.5 Å². The van der Waals surface area contributed by atoms with Gasteiger partial charge in [-0.25, -0.2) is 4.90 Å². The number of rotatable bonds is 5. The number of carboxylic acid groups (broad SMARTS) is 1. The number of halogens is 1. The van der Waals surface area contributed by atoms with Gasteiger partial charge < -0.3 is 14.6 Å². The zero-order chi connectivity index (χ0) is 25.1. The molecule has 2 fully saturated rings. The number of nitrogens with one attached hydrogen (secondary N) is 1. The van der Waals surface area contributed by atoms with E-state index in [2.05, 4.69) is 5.32 Å². The van der Waals surface area contributed by atoms with Gasteiger partial charge in [-0.3, -0.25) is 19.7 Å². The Morgan fingerprint density at radius 2 is 1.89 bits per heavy atom. The molecule has 0 aliphatic carbocycles. The summed E-state index contributed by atoms with van der Waals surface area (Å²) in [6, 6.07) is 9.58. The van der Waals surface area contributed by atoms with Crippen LogP contribution in [0.15, 0.2) is 36.4 Å². The minimum Gasteiger partial charge on any atom is -0.486 e. The second kappa shape index (κ2) is 8.53. The molecule has 0 radical (unpaired) electrons. The molecule has 2 aromatic carbocycles. The number of amides is 2. The third kappa shape index (κ3) is 3.42. The summed E-state index contributed by atoms with van der Waals surface area (Å²) in [5, 5.41) is 14.2. The first-order chi connectivity index (χ1) is 16.7. The quantitative estimate of drug-likeness (QED) is 0.605. The van der Waals surface area contributed by atoms with Gasteiger partial charge >= 0.3 is 5.97 Å². The summed E-state index contributed by atoms with van der Waals surface area (Å²) in [7, 11) is 0. The highest BCUT2D eigenvalue weighted by atomic mass is 35.5. The summed E-state index contributed by atoms with van der Waals surface area (Å²) in [6.45, 7) is 6.34. The van der Waals surface area contributed by atoms with Crippen LogP contribution in [0, 0.1) is 24.7 Å². The zero-order valence-electron chi connectivity index (χ0n) is 19.7. The Bertz CT molecular complexity index is 1230. The maximum Gasteiger partial charge on any atom is 0.325 e. The third-order valence-corrected chi connectivity index (χ3v) is 8.08. The number of aryl methyl sites for hydroxylation is 1. The number of hydrogen-bond acceptors (Lipinski definition) is 6. The molecule has 0 spiro atoms. The van der Waals surface area contributed by atoms with Gasteiger partial charge in [-0.2, -0.15) is 0 Å². The van der Waals surface area contributed by atoms with Gasteiger partial charge in [0.25, 0.3) is 0 Å². The van der Waals surface area contributed by atoms with Crippen molar-refractivity contribution in [2.45, 2.75) is 38.8 Å². The number of imide groups is 1. The molecule has 5 atom stereocenters. The number of ether oxygens (including phenoxy) is 2. The molecule has 3 aliphatic heterocycles. The lowest BCUT2D eigenvalue weighted by molar-refractivity contribution is -0.151. The number of carbonyl (C=O) groups is 3. The van der Waals surface area contributed by atoms with Gasteiger partial charge in [0, 0.05) is 11.1 Å². The van der Waals surface area contributed by atoms with Crippen molar-refractivity contribution in [1.29, 1.82) is 0 Å². The summed E-state index contributed by atoms with van der Waals surface area (Å²) in [4.78, 5) is 41.7. The Morgan fingerprint density at radius 3 is 2.54 bits per heavy atom. The van der Waals surface area contributed by atoms with Crippen LogP contribution in [0.1, 0.15) is 37.4 Å². The van der Waals surface area contributed by atoms with Crippen LogP contribution in [0.25, 0.3) is 0 Å². The number of anilines is 1. The van der Waals surface area contributed by atoms with E-state index in [-0.39, 0.29) is 0 Å². The molecule has 9 heteroatoms. The molecule has 8 nitrogen and oxygen atoms in total. The number of carboxylic acids is 1. The molecule has 2 N–H and O–H groups in total. The van der Waals surface area contributed by atoms with Crippen molar-refractivity contribution < 1.29 is 29.0 Å². The van der Waals surface area contributed by atoms with Gasteiger partial charge in [0.05, 0.1) is 17.5 Å². The Kier molecular flexibility index (Phi) is 5.76. The lowest BCUT2D eigenvalue weighted by atomic mass is 9.72. The minimum absolute atomic E-state index is 0.342. The van der Waals surface area contributed by atoms with E-state index in [1.54, 1.807) is 43.3 Å². The SMILES string of the molecule is CCC(C)C1(C(=O)O)NC(c2ccc3c(c2)OCCO3)C2C(=O)N(c3ccc(C)c(Cl)c3)C(=O)C21. The van der Waals surface area contributed by atoms with Crippen LogP contribution in [-0.2, 0) is 14.4 Å². The van der Waals surface area contributed by atoms with E-state index in [1.807, 2.05) is 13.8 Å². The summed E-state index contributed by atoms with van der Waals surface area (Å²) >= 11 is 6.30. The monoisotopic (exact) mass is 498 g/mol. The van der Waals surface area contributed by atoms with Crippen molar-refractivity contribution in [1.82, 2.24) is 5.32 Å². The second-order valence-electron chi connectivity index (χ2n) is 9.46. The summed E-state index contributed by atoms with van der Waals surface area (Å²) in [5.41, 5.74) is 0.202. The maximum absolute atomic E-state index is 13.9. The van der Waals surface area contributed by atoms with E-state index in [9.17, 15) is 19.5 Å². The number of fused-ring (bicyclic) bond motifs is 2. The molecule has 35 heavy (non-hydrogen) atoms. The average Bonchev–Trinajstić information content (AvgIpc) is 3.34. The highest BCUT2D eigenvalue weighted by molar-refractivity contribution is 6.32. The number of carbonyl (C=O) groups excluding carboxylic acids is 2. The van der Waals surface area contributed by atoms with Crippen molar-refractivity contribution in [2.75, 3.05) is 18.1 Å². The summed E-state index contributed by atoms with van der Waals surface area (Å²) in [5.74, 6) is -3.42. The maximum atomic E-state index is 13.9. The Labute approximate surface area is 208 Å². The number of nitrogens with zero attached hydrogens (tertiary/aromatic N) is 1. The van der Waals surface area contributed by atoms with E-state index in [1.165, 1.54) is 0 Å².